The van der Waals surface area contributed by atoms with Crippen molar-refractivity contribution < 1.29 is 14.6 Å². The molecule has 1 fully saturated rings. The summed E-state index contributed by atoms with van der Waals surface area (Å²) in [5.74, 6) is -0.948. The fraction of sp³-hybridized carbons (Fsp3) is 0.500. The van der Waals surface area contributed by atoms with Gasteiger partial charge in [-0.2, -0.15) is 0 Å². The van der Waals surface area contributed by atoms with Crippen LogP contribution >= 0.6 is 0 Å². The molecule has 1 N–H and O–H groups in total. The first-order valence-electron chi connectivity index (χ1n) is 5.55. The Labute approximate surface area is 94.3 Å². The van der Waals surface area contributed by atoms with Crippen LogP contribution < -0.4 is 0 Å². The summed E-state index contributed by atoms with van der Waals surface area (Å²) < 4.78 is 5.68. The molecule has 1 aromatic heterocycles. The van der Waals surface area contributed by atoms with Gasteiger partial charge in [-0.05, 0) is 25.0 Å². The van der Waals surface area contributed by atoms with E-state index in [9.17, 15) is 4.79 Å². The Morgan fingerprint density at radius 3 is 2.75 bits per heavy atom. The zero-order valence-corrected chi connectivity index (χ0v) is 9.06. The molecule has 2 rings (SSSR count). The molecule has 1 saturated carbocycles. The quantitative estimate of drug-likeness (QED) is 0.847. The summed E-state index contributed by atoms with van der Waals surface area (Å²) in [6.07, 6.45) is 6.49. The maximum Gasteiger partial charge on any atom is 0.337 e. The lowest BCUT2D eigenvalue weighted by Crippen LogP contribution is -2.08. The molecule has 0 atom stereocenters. The second-order valence-electron chi connectivity index (χ2n) is 4.06. The average Bonchev–Trinajstić information content (AvgIpc) is 2.80. The van der Waals surface area contributed by atoms with Crippen LogP contribution in [-0.4, -0.2) is 22.2 Å². The molecule has 0 spiro atoms. The number of pyridine rings is 1. The van der Waals surface area contributed by atoms with Gasteiger partial charge in [0.05, 0.1) is 24.0 Å². The second kappa shape index (κ2) is 5.07. The monoisotopic (exact) mass is 221 g/mol. The van der Waals surface area contributed by atoms with E-state index in [0.717, 1.165) is 18.5 Å². The summed E-state index contributed by atoms with van der Waals surface area (Å²) in [7, 11) is 0. The van der Waals surface area contributed by atoms with E-state index in [1.54, 1.807) is 12.1 Å². The zero-order chi connectivity index (χ0) is 11.4. The highest BCUT2D eigenvalue weighted by atomic mass is 16.5. The maximum atomic E-state index is 10.6. The van der Waals surface area contributed by atoms with Gasteiger partial charge < -0.3 is 9.84 Å². The lowest BCUT2D eigenvalue weighted by molar-refractivity contribution is 0.0437. The molecule has 1 aromatic rings. The minimum atomic E-state index is -0.948. The number of ether oxygens (including phenoxy) is 1. The lowest BCUT2D eigenvalue weighted by Gasteiger charge is -2.10. The van der Waals surface area contributed by atoms with Crippen molar-refractivity contribution in [3.8, 4) is 0 Å². The molecule has 4 heteroatoms. The van der Waals surface area contributed by atoms with E-state index in [4.69, 9.17) is 9.84 Å². The van der Waals surface area contributed by atoms with Crippen molar-refractivity contribution >= 4 is 5.97 Å². The average molecular weight is 221 g/mol. The molecule has 86 valence electrons. The van der Waals surface area contributed by atoms with Crippen LogP contribution in [0, 0.1) is 0 Å². The van der Waals surface area contributed by atoms with E-state index in [-0.39, 0.29) is 5.56 Å². The fourth-order valence-electron chi connectivity index (χ4n) is 1.89. The van der Waals surface area contributed by atoms with Crippen molar-refractivity contribution in [3.05, 3.63) is 29.6 Å². The van der Waals surface area contributed by atoms with Gasteiger partial charge in [0, 0.05) is 6.20 Å². The number of carboxylic acids is 1. The Kier molecular flexibility index (Phi) is 3.51. The number of hydrogen-bond donors (Lipinski definition) is 1. The van der Waals surface area contributed by atoms with E-state index < -0.39 is 5.97 Å². The van der Waals surface area contributed by atoms with Crippen LogP contribution in [0.2, 0.25) is 0 Å². The minimum absolute atomic E-state index is 0.213. The Morgan fingerprint density at radius 2 is 2.19 bits per heavy atom. The summed E-state index contributed by atoms with van der Waals surface area (Å²) >= 11 is 0. The predicted octanol–water partition coefficient (Wildman–Crippen LogP) is 2.24. The van der Waals surface area contributed by atoms with Gasteiger partial charge in [0.15, 0.2) is 0 Å². The number of aromatic carboxylic acids is 1. The van der Waals surface area contributed by atoms with Crippen LogP contribution in [0.1, 0.15) is 41.7 Å². The maximum absolute atomic E-state index is 10.6. The van der Waals surface area contributed by atoms with Gasteiger partial charge in [0.1, 0.15) is 0 Å². The number of hydrogen-bond acceptors (Lipinski definition) is 3. The molecular weight excluding hydrogens is 206 g/mol. The van der Waals surface area contributed by atoms with Crippen LogP contribution in [0.3, 0.4) is 0 Å². The molecule has 0 unspecified atom stereocenters. The van der Waals surface area contributed by atoms with Crippen LogP contribution in [-0.2, 0) is 11.3 Å². The van der Waals surface area contributed by atoms with Gasteiger partial charge >= 0.3 is 5.97 Å². The fourth-order valence-corrected chi connectivity index (χ4v) is 1.89. The van der Waals surface area contributed by atoms with Gasteiger partial charge in [-0.15, -0.1) is 0 Å². The summed E-state index contributed by atoms with van der Waals surface area (Å²) in [5.41, 5.74) is 1.00. The van der Waals surface area contributed by atoms with Crippen LogP contribution in [0.4, 0.5) is 0 Å². The molecule has 4 nitrogen and oxygen atoms in total. The molecule has 0 radical (unpaired) electrons. The predicted molar refractivity (Wildman–Crippen MR) is 58.2 cm³/mol. The number of rotatable bonds is 4. The van der Waals surface area contributed by atoms with E-state index >= 15 is 0 Å². The molecule has 16 heavy (non-hydrogen) atoms. The molecule has 0 amide bonds. The van der Waals surface area contributed by atoms with Gasteiger partial charge in [-0.25, -0.2) is 4.79 Å². The van der Waals surface area contributed by atoms with E-state index in [0.29, 0.717) is 12.7 Å². The largest absolute Gasteiger partial charge is 0.478 e. The number of aromatic nitrogens is 1. The summed E-state index contributed by atoms with van der Waals surface area (Å²) in [6.45, 7) is 0.477. The molecule has 0 aromatic carbocycles. The third-order valence-electron chi connectivity index (χ3n) is 2.84. The molecule has 0 bridgehead atoms. The third-order valence-corrected chi connectivity index (χ3v) is 2.84. The summed E-state index contributed by atoms with van der Waals surface area (Å²) in [6, 6.07) is 3.26. The Morgan fingerprint density at radius 1 is 1.44 bits per heavy atom. The molecular formula is C12H15NO3. The van der Waals surface area contributed by atoms with Crippen molar-refractivity contribution in [1.82, 2.24) is 4.98 Å². The number of carbonyl (C=O) groups is 1. The molecule has 0 saturated heterocycles. The van der Waals surface area contributed by atoms with Crippen molar-refractivity contribution in [2.75, 3.05) is 0 Å². The Balaban J connectivity index is 1.87. The summed E-state index contributed by atoms with van der Waals surface area (Å²) in [4.78, 5) is 14.7. The second-order valence-corrected chi connectivity index (χ2v) is 4.06. The highest BCUT2D eigenvalue weighted by molar-refractivity contribution is 5.87. The van der Waals surface area contributed by atoms with Crippen LogP contribution in [0.15, 0.2) is 18.3 Å². The Hall–Kier alpha value is -1.42. The van der Waals surface area contributed by atoms with Crippen LogP contribution in [0.25, 0.3) is 0 Å². The molecule has 1 aliphatic rings. The van der Waals surface area contributed by atoms with Gasteiger partial charge in [-0.1, -0.05) is 12.8 Å². The Bertz CT molecular complexity index is 355. The third kappa shape index (κ3) is 2.79. The first-order valence-corrected chi connectivity index (χ1v) is 5.55. The highest BCUT2D eigenvalue weighted by Gasteiger charge is 2.15. The van der Waals surface area contributed by atoms with Gasteiger partial charge in [0.2, 0.25) is 0 Å². The normalized spacial score (nSPS) is 16.5. The first-order chi connectivity index (χ1) is 7.75. The van der Waals surface area contributed by atoms with Crippen molar-refractivity contribution in [2.24, 2.45) is 0 Å². The van der Waals surface area contributed by atoms with Crippen molar-refractivity contribution in [2.45, 2.75) is 38.4 Å². The molecule has 1 aliphatic carbocycles. The first kappa shape index (κ1) is 11.1. The zero-order valence-electron chi connectivity index (χ0n) is 9.06. The van der Waals surface area contributed by atoms with Gasteiger partial charge in [-0.3, -0.25) is 4.98 Å². The SMILES string of the molecule is O=C(O)c1ccc(COC2CCCC2)nc1. The molecule has 0 aliphatic heterocycles. The smallest absolute Gasteiger partial charge is 0.337 e. The number of carboxylic acid groups (broad SMARTS) is 1. The standard InChI is InChI=1S/C12H15NO3/c14-12(15)9-5-6-10(13-7-9)8-16-11-3-1-2-4-11/h5-7,11H,1-4,8H2,(H,14,15). The number of nitrogens with zero attached hydrogens (tertiary/aromatic N) is 1. The minimum Gasteiger partial charge on any atom is -0.478 e. The highest BCUT2D eigenvalue weighted by Crippen LogP contribution is 2.21. The molecule has 1 heterocycles. The lowest BCUT2D eigenvalue weighted by atomic mass is 10.2. The van der Waals surface area contributed by atoms with Crippen molar-refractivity contribution in [1.29, 1.82) is 0 Å². The van der Waals surface area contributed by atoms with E-state index in [1.165, 1.54) is 19.0 Å². The van der Waals surface area contributed by atoms with Gasteiger partial charge in [0.25, 0.3) is 0 Å². The van der Waals surface area contributed by atoms with Crippen molar-refractivity contribution in [3.63, 3.8) is 0 Å². The van der Waals surface area contributed by atoms with E-state index in [2.05, 4.69) is 4.98 Å². The summed E-state index contributed by atoms with van der Waals surface area (Å²) in [5, 5.41) is 8.71. The topological polar surface area (TPSA) is 59.4 Å². The van der Waals surface area contributed by atoms with Crippen LogP contribution in [0.5, 0.6) is 0 Å². The van der Waals surface area contributed by atoms with E-state index in [1.807, 2.05) is 0 Å².